The average Bonchev–Trinajstić information content (AvgIpc) is 3.09. The van der Waals surface area contributed by atoms with Crippen LogP contribution in [-0.2, 0) is 0 Å². The first kappa shape index (κ1) is 21.4. The van der Waals surface area contributed by atoms with E-state index in [2.05, 4.69) is 46.7 Å². The molecule has 6 rings (SSSR count). The van der Waals surface area contributed by atoms with Crippen molar-refractivity contribution in [1.82, 2.24) is 19.7 Å². The van der Waals surface area contributed by atoms with Gasteiger partial charge in [0.15, 0.2) is 5.65 Å². The number of hydrogen-bond donors (Lipinski definition) is 1. The Morgan fingerprint density at radius 1 is 1.06 bits per heavy atom. The van der Waals surface area contributed by atoms with Crippen molar-refractivity contribution in [3.05, 3.63) is 48.0 Å². The normalized spacial score (nSPS) is 20.4. The van der Waals surface area contributed by atoms with Crippen LogP contribution in [0.4, 0.5) is 5.82 Å². The number of para-hydroxylation sites is 2. The number of carbonyl (C=O) groups is 1. The van der Waals surface area contributed by atoms with Gasteiger partial charge in [0.25, 0.3) is 5.91 Å². The van der Waals surface area contributed by atoms with Crippen LogP contribution < -0.4 is 10.2 Å². The molecule has 34 heavy (non-hydrogen) atoms. The van der Waals surface area contributed by atoms with Crippen LogP contribution in [0.15, 0.2) is 42.5 Å². The minimum atomic E-state index is -0.0547. The molecule has 1 saturated carbocycles. The molecule has 1 aromatic carbocycles. The average molecular weight is 456 g/mol. The first-order chi connectivity index (χ1) is 16.5. The molecular weight excluding hydrogens is 422 g/mol. The van der Waals surface area contributed by atoms with E-state index in [1.54, 1.807) is 0 Å². The van der Waals surface area contributed by atoms with Gasteiger partial charge in [0.2, 0.25) is 0 Å². The summed E-state index contributed by atoms with van der Waals surface area (Å²) in [6.45, 7) is 7.38. The Bertz CT molecular complexity index is 1390. The smallest absolute Gasteiger partial charge is 0.255 e. The van der Waals surface area contributed by atoms with Gasteiger partial charge in [-0.15, -0.1) is 0 Å². The molecule has 4 aromatic rings. The number of benzene rings is 1. The van der Waals surface area contributed by atoms with Gasteiger partial charge in [-0.05, 0) is 73.8 Å². The molecule has 1 unspecified atom stereocenters. The Labute approximate surface area is 200 Å². The molecule has 1 atom stereocenters. The molecular formula is C28H33N5O. The highest BCUT2D eigenvalue weighted by Crippen LogP contribution is 2.39. The number of nitrogens with zero attached hydrogens (tertiary/aromatic N) is 4. The van der Waals surface area contributed by atoms with Gasteiger partial charge < -0.3 is 10.2 Å². The fourth-order valence-corrected chi connectivity index (χ4v) is 5.56. The summed E-state index contributed by atoms with van der Waals surface area (Å²) in [4.78, 5) is 25.8. The SMILES string of the molecule is CC1CCCN(c2ccc3cc(C(=O)NCC4(C)CCC4)c4nc5ccccc5n4c3n2)CC1. The summed E-state index contributed by atoms with van der Waals surface area (Å²) < 4.78 is 2.08. The molecule has 4 heterocycles. The molecule has 1 aliphatic heterocycles. The largest absolute Gasteiger partial charge is 0.357 e. The standard InChI is InChI=1S/C28H33N5O/c1-19-7-5-15-32(16-12-19)24-11-10-20-17-21(27(34)29-18-28(2)13-6-14-28)26-30-22-8-3-4-9-23(22)33(26)25(20)31-24/h3-4,8-11,17,19H,5-7,12-16,18H2,1-2H3,(H,29,34). The van der Waals surface area contributed by atoms with Gasteiger partial charge in [0, 0.05) is 25.0 Å². The van der Waals surface area contributed by atoms with E-state index in [1.807, 2.05) is 24.3 Å². The van der Waals surface area contributed by atoms with E-state index < -0.39 is 0 Å². The number of aromatic nitrogens is 3. The van der Waals surface area contributed by atoms with Gasteiger partial charge in [-0.25, -0.2) is 9.97 Å². The van der Waals surface area contributed by atoms with Gasteiger partial charge >= 0.3 is 0 Å². The Hall–Kier alpha value is -3.15. The third-order valence-corrected chi connectivity index (χ3v) is 8.03. The Morgan fingerprint density at radius 3 is 2.74 bits per heavy atom. The Morgan fingerprint density at radius 2 is 1.91 bits per heavy atom. The van der Waals surface area contributed by atoms with Crippen LogP contribution >= 0.6 is 0 Å². The van der Waals surface area contributed by atoms with Crippen LogP contribution in [0.1, 0.15) is 62.7 Å². The highest BCUT2D eigenvalue weighted by molar-refractivity contribution is 6.05. The molecule has 1 N–H and O–H groups in total. The Kier molecular flexibility index (Phi) is 5.19. The minimum absolute atomic E-state index is 0.0547. The molecule has 1 aliphatic carbocycles. The predicted octanol–water partition coefficient (Wildman–Crippen LogP) is 5.58. The van der Waals surface area contributed by atoms with Gasteiger partial charge in [0.05, 0.1) is 16.6 Å². The maximum Gasteiger partial charge on any atom is 0.255 e. The highest BCUT2D eigenvalue weighted by atomic mass is 16.1. The van der Waals surface area contributed by atoms with E-state index in [-0.39, 0.29) is 11.3 Å². The topological polar surface area (TPSA) is 62.5 Å². The molecule has 1 amide bonds. The van der Waals surface area contributed by atoms with E-state index in [4.69, 9.17) is 9.97 Å². The summed E-state index contributed by atoms with van der Waals surface area (Å²) in [6.07, 6.45) is 7.27. The minimum Gasteiger partial charge on any atom is -0.357 e. The number of fused-ring (bicyclic) bond motifs is 5. The first-order valence-corrected chi connectivity index (χ1v) is 12.7. The van der Waals surface area contributed by atoms with Crippen molar-refractivity contribution in [2.24, 2.45) is 11.3 Å². The van der Waals surface area contributed by atoms with E-state index in [0.29, 0.717) is 17.8 Å². The maximum atomic E-state index is 13.4. The lowest BCUT2D eigenvalue weighted by molar-refractivity contribution is 0.0892. The van der Waals surface area contributed by atoms with E-state index in [1.165, 1.54) is 38.5 Å². The zero-order chi connectivity index (χ0) is 23.3. The van der Waals surface area contributed by atoms with E-state index in [9.17, 15) is 4.79 Å². The molecule has 0 bridgehead atoms. The fourth-order valence-electron chi connectivity index (χ4n) is 5.56. The summed E-state index contributed by atoms with van der Waals surface area (Å²) in [5.41, 5.74) is 4.25. The number of hydrogen-bond acceptors (Lipinski definition) is 4. The van der Waals surface area contributed by atoms with Gasteiger partial charge in [-0.2, -0.15) is 0 Å². The summed E-state index contributed by atoms with van der Waals surface area (Å²) in [6, 6.07) is 14.3. The molecule has 6 nitrogen and oxygen atoms in total. The maximum absolute atomic E-state index is 13.4. The van der Waals surface area contributed by atoms with Crippen LogP contribution in [0, 0.1) is 11.3 Å². The highest BCUT2D eigenvalue weighted by Gasteiger charge is 2.32. The van der Waals surface area contributed by atoms with Crippen LogP contribution in [0.2, 0.25) is 0 Å². The number of anilines is 1. The number of carbonyl (C=O) groups excluding carboxylic acids is 1. The zero-order valence-electron chi connectivity index (χ0n) is 20.2. The van der Waals surface area contributed by atoms with Crippen molar-refractivity contribution >= 4 is 39.4 Å². The predicted molar refractivity (Wildman–Crippen MR) is 138 cm³/mol. The van der Waals surface area contributed by atoms with Crippen molar-refractivity contribution in [1.29, 1.82) is 0 Å². The van der Waals surface area contributed by atoms with Gasteiger partial charge in [-0.3, -0.25) is 9.20 Å². The van der Waals surface area contributed by atoms with Crippen molar-refractivity contribution in [2.75, 3.05) is 24.5 Å². The third kappa shape index (κ3) is 3.69. The zero-order valence-corrected chi connectivity index (χ0v) is 20.2. The van der Waals surface area contributed by atoms with E-state index in [0.717, 1.165) is 46.9 Å². The third-order valence-electron chi connectivity index (χ3n) is 8.03. The van der Waals surface area contributed by atoms with Crippen LogP contribution in [0.3, 0.4) is 0 Å². The molecule has 2 fully saturated rings. The molecule has 176 valence electrons. The van der Waals surface area contributed by atoms with Gasteiger partial charge in [-0.1, -0.05) is 32.4 Å². The molecule has 6 heteroatoms. The number of rotatable bonds is 4. The van der Waals surface area contributed by atoms with Crippen LogP contribution in [0.5, 0.6) is 0 Å². The second-order valence-electron chi connectivity index (χ2n) is 10.8. The van der Waals surface area contributed by atoms with Crippen molar-refractivity contribution < 1.29 is 4.79 Å². The first-order valence-electron chi connectivity index (χ1n) is 12.7. The molecule has 2 aliphatic rings. The molecule has 1 saturated heterocycles. The number of nitrogens with one attached hydrogen (secondary N) is 1. The van der Waals surface area contributed by atoms with Crippen molar-refractivity contribution in [3.8, 4) is 0 Å². The fraction of sp³-hybridized carbons (Fsp3) is 0.464. The van der Waals surface area contributed by atoms with Crippen LogP contribution in [-0.4, -0.2) is 39.9 Å². The quantitative estimate of drug-likeness (QED) is 0.436. The van der Waals surface area contributed by atoms with Crippen molar-refractivity contribution in [3.63, 3.8) is 0 Å². The van der Waals surface area contributed by atoms with Gasteiger partial charge in [0.1, 0.15) is 11.5 Å². The number of pyridine rings is 2. The monoisotopic (exact) mass is 455 g/mol. The summed E-state index contributed by atoms with van der Waals surface area (Å²) >= 11 is 0. The lowest BCUT2D eigenvalue weighted by atomic mass is 9.70. The van der Waals surface area contributed by atoms with E-state index >= 15 is 0 Å². The molecule has 3 aromatic heterocycles. The summed E-state index contributed by atoms with van der Waals surface area (Å²) in [5, 5.41) is 4.16. The summed E-state index contributed by atoms with van der Waals surface area (Å²) in [7, 11) is 0. The molecule has 0 radical (unpaired) electrons. The number of amides is 1. The molecule has 0 spiro atoms. The lowest BCUT2D eigenvalue weighted by Crippen LogP contribution is -2.40. The number of imidazole rings is 1. The second kappa shape index (κ2) is 8.26. The summed E-state index contributed by atoms with van der Waals surface area (Å²) in [5.74, 6) is 1.72. The second-order valence-corrected chi connectivity index (χ2v) is 10.8. The Balaban J connectivity index is 1.47. The lowest BCUT2D eigenvalue weighted by Gasteiger charge is -2.38. The van der Waals surface area contributed by atoms with Crippen molar-refractivity contribution in [2.45, 2.75) is 52.4 Å². The van der Waals surface area contributed by atoms with Crippen LogP contribution in [0.25, 0.3) is 27.7 Å².